The lowest BCUT2D eigenvalue weighted by atomic mass is 10.2. The highest BCUT2D eigenvalue weighted by molar-refractivity contribution is 9.10. The number of hydrogen-bond donors (Lipinski definition) is 0. The maximum absolute atomic E-state index is 12.6. The monoisotopic (exact) mass is 413 g/mol. The van der Waals surface area contributed by atoms with Gasteiger partial charge in [-0.2, -0.15) is 9.50 Å². The Labute approximate surface area is 155 Å². The van der Waals surface area contributed by atoms with Gasteiger partial charge in [-0.15, -0.1) is 5.10 Å². The van der Waals surface area contributed by atoms with Crippen LogP contribution in [0.2, 0.25) is 0 Å². The first-order valence-corrected chi connectivity index (χ1v) is 9.07. The third kappa shape index (κ3) is 2.96. The Morgan fingerprint density at radius 2 is 1.92 bits per heavy atom. The second kappa shape index (κ2) is 6.42. The van der Waals surface area contributed by atoms with Crippen LogP contribution in [0.25, 0.3) is 22.4 Å². The van der Waals surface area contributed by atoms with Crippen LogP contribution in [-0.2, 0) is 0 Å². The van der Waals surface area contributed by atoms with E-state index in [1.165, 1.54) is 15.9 Å². The molecular formula is C18H12BrN3O2S. The molecule has 124 valence electrons. The molecule has 0 saturated heterocycles. The summed E-state index contributed by atoms with van der Waals surface area (Å²) in [4.78, 5) is 17.7. The zero-order chi connectivity index (χ0) is 17.4. The number of para-hydroxylation sites is 1. The van der Waals surface area contributed by atoms with E-state index in [9.17, 15) is 4.79 Å². The highest BCUT2D eigenvalue weighted by Crippen LogP contribution is 2.20. The van der Waals surface area contributed by atoms with Crippen molar-refractivity contribution in [2.75, 3.05) is 7.11 Å². The molecule has 2 heterocycles. The number of halogens is 1. The SMILES string of the molecule is COc1ccccc1/C=c1\sc2nc(-c3ccc(Br)cc3)nn2c1=O. The summed E-state index contributed by atoms with van der Waals surface area (Å²) in [5, 5.41) is 4.35. The van der Waals surface area contributed by atoms with Gasteiger partial charge in [0.2, 0.25) is 4.96 Å². The fourth-order valence-corrected chi connectivity index (χ4v) is 3.64. The number of benzene rings is 2. The van der Waals surface area contributed by atoms with E-state index in [1.807, 2.05) is 54.6 Å². The summed E-state index contributed by atoms with van der Waals surface area (Å²) in [5.41, 5.74) is 1.54. The van der Waals surface area contributed by atoms with Crippen LogP contribution in [0.4, 0.5) is 0 Å². The van der Waals surface area contributed by atoms with Gasteiger partial charge < -0.3 is 4.74 Å². The first-order chi connectivity index (χ1) is 12.2. The van der Waals surface area contributed by atoms with Gasteiger partial charge in [-0.25, -0.2) is 0 Å². The van der Waals surface area contributed by atoms with Crippen LogP contribution < -0.4 is 14.8 Å². The second-order valence-corrected chi connectivity index (χ2v) is 7.22. The Morgan fingerprint density at radius 1 is 1.16 bits per heavy atom. The highest BCUT2D eigenvalue weighted by atomic mass is 79.9. The number of nitrogens with zero attached hydrogens (tertiary/aromatic N) is 3. The van der Waals surface area contributed by atoms with E-state index < -0.39 is 0 Å². The highest BCUT2D eigenvalue weighted by Gasteiger charge is 2.12. The fourth-order valence-electron chi connectivity index (χ4n) is 2.48. The van der Waals surface area contributed by atoms with Crippen molar-refractivity contribution in [1.29, 1.82) is 0 Å². The van der Waals surface area contributed by atoms with Crippen molar-refractivity contribution in [3.63, 3.8) is 0 Å². The summed E-state index contributed by atoms with van der Waals surface area (Å²) < 4.78 is 8.23. The second-order valence-electron chi connectivity index (χ2n) is 5.29. The summed E-state index contributed by atoms with van der Waals surface area (Å²) in [6.07, 6.45) is 1.81. The average molecular weight is 414 g/mol. The third-order valence-electron chi connectivity index (χ3n) is 3.71. The van der Waals surface area contributed by atoms with Crippen molar-refractivity contribution < 1.29 is 4.74 Å². The van der Waals surface area contributed by atoms with Crippen molar-refractivity contribution in [3.05, 3.63) is 73.5 Å². The standard InChI is InChI=1S/C18H12BrN3O2S/c1-24-14-5-3-2-4-12(14)10-15-17(23)22-18(25-15)20-16(21-22)11-6-8-13(19)9-7-11/h2-10H,1H3/b15-10-. The lowest BCUT2D eigenvalue weighted by Gasteiger charge is -2.02. The van der Waals surface area contributed by atoms with Crippen LogP contribution >= 0.6 is 27.3 Å². The van der Waals surface area contributed by atoms with Crippen LogP contribution in [0.3, 0.4) is 0 Å². The first kappa shape index (κ1) is 16.0. The lowest BCUT2D eigenvalue weighted by Crippen LogP contribution is -2.23. The van der Waals surface area contributed by atoms with Crippen molar-refractivity contribution in [2.24, 2.45) is 0 Å². The molecule has 0 aliphatic heterocycles. The minimum Gasteiger partial charge on any atom is -0.496 e. The molecule has 4 aromatic rings. The molecule has 0 radical (unpaired) electrons. The van der Waals surface area contributed by atoms with E-state index in [0.717, 1.165) is 21.3 Å². The molecule has 0 fully saturated rings. The molecule has 0 unspecified atom stereocenters. The van der Waals surface area contributed by atoms with E-state index in [4.69, 9.17) is 4.74 Å². The number of rotatable bonds is 3. The number of fused-ring (bicyclic) bond motifs is 1. The molecule has 0 spiro atoms. The predicted octanol–water partition coefficient (Wildman–Crippen LogP) is 3.14. The molecular weight excluding hydrogens is 402 g/mol. The topological polar surface area (TPSA) is 56.5 Å². The minimum atomic E-state index is -0.179. The number of aromatic nitrogens is 3. The van der Waals surface area contributed by atoms with E-state index in [2.05, 4.69) is 26.0 Å². The Hall–Kier alpha value is -2.51. The number of hydrogen-bond acceptors (Lipinski definition) is 5. The van der Waals surface area contributed by atoms with Crippen LogP contribution in [-0.4, -0.2) is 21.7 Å². The van der Waals surface area contributed by atoms with Gasteiger partial charge in [0, 0.05) is 15.6 Å². The zero-order valence-corrected chi connectivity index (χ0v) is 15.5. The Kier molecular flexibility index (Phi) is 4.10. The van der Waals surface area contributed by atoms with E-state index in [-0.39, 0.29) is 5.56 Å². The summed E-state index contributed by atoms with van der Waals surface area (Å²) in [7, 11) is 1.61. The molecule has 0 aliphatic carbocycles. The number of thiazole rings is 1. The molecule has 2 aromatic heterocycles. The molecule has 0 bridgehead atoms. The predicted molar refractivity (Wildman–Crippen MR) is 102 cm³/mol. The zero-order valence-electron chi connectivity index (χ0n) is 13.1. The van der Waals surface area contributed by atoms with Gasteiger partial charge in [-0.1, -0.05) is 57.6 Å². The van der Waals surface area contributed by atoms with E-state index in [1.54, 1.807) is 7.11 Å². The molecule has 7 heteroatoms. The molecule has 0 amide bonds. The van der Waals surface area contributed by atoms with Crippen molar-refractivity contribution >= 4 is 38.3 Å². The molecule has 0 atom stereocenters. The molecule has 0 aliphatic rings. The van der Waals surface area contributed by atoms with Gasteiger partial charge in [0.25, 0.3) is 5.56 Å². The largest absolute Gasteiger partial charge is 0.496 e. The molecule has 2 aromatic carbocycles. The number of ether oxygens (including phenoxy) is 1. The summed E-state index contributed by atoms with van der Waals surface area (Å²) in [5.74, 6) is 1.26. The maximum Gasteiger partial charge on any atom is 0.291 e. The van der Waals surface area contributed by atoms with Gasteiger partial charge in [0.1, 0.15) is 5.75 Å². The van der Waals surface area contributed by atoms with Gasteiger partial charge >= 0.3 is 0 Å². The van der Waals surface area contributed by atoms with Gasteiger partial charge in [-0.3, -0.25) is 4.79 Å². The van der Waals surface area contributed by atoms with Gasteiger partial charge in [0.05, 0.1) is 11.6 Å². The smallest absolute Gasteiger partial charge is 0.291 e. The van der Waals surface area contributed by atoms with Crippen LogP contribution in [0, 0.1) is 0 Å². The van der Waals surface area contributed by atoms with Gasteiger partial charge in [0.15, 0.2) is 5.82 Å². The number of methoxy groups -OCH3 is 1. The molecule has 0 N–H and O–H groups in total. The van der Waals surface area contributed by atoms with Crippen LogP contribution in [0.5, 0.6) is 5.75 Å². The van der Waals surface area contributed by atoms with Crippen molar-refractivity contribution in [3.8, 4) is 17.1 Å². The Bertz CT molecular complexity index is 1170. The van der Waals surface area contributed by atoms with E-state index >= 15 is 0 Å². The summed E-state index contributed by atoms with van der Waals surface area (Å²) in [6.45, 7) is 0. The Morgan fingerprint density at radius 3 is 2.64 bits per heavy atom. The van der Waals surface area contributed by atoms with Crippen LogP contribution in [0.1, 0.15) is 5.56 Å². The average Bonchev–Trinajstić information content (AvgIpc) is 3.16. The lowest BCUT2D eigenvalue weighted by molar-refractivity contribution is 0.414. The van der Waals surface area contributed by atoms with E-state index in [0.29, 0.717) is 15.3 Å². The van der Waals surface area contributed by atoms with Crippen molar-refractivity contribution in [1.82, 2.24) is 14.6 Å². The van der Waals surface area contributed by atoms with Crippen molar-refractivity contribution in [2.45, 2.75) is 0 Å². The van der Waals surface area contributed by atoms with Gasteiger partial charge in [-0.05, 0) is 24.3 Å². The third-order valence-corrected chi connectivity index (χ3v) is 5.20. The quantitative estimate of drug-likeness (QED) is 0.517. The normalized spacial score (nSPS) is 12.0. The molecule has 4 rings (SSSR count). The fraction of sp³-hybridized carbons (Fsp3) is 0.0556. The maximum atomic E-state index is 12.6. The molecule has 0 saturated carbocycles. The Balaban J connectivity index is 1.82. The molecule has 5 nitrogen and oxygen atoms in total. The first-order valence-electron chi connectivity index (χ1n) is 7.46. The molecule has 25 heavy (non-hydrogen) atoms. The van der Waals surface area contributed by atoms with Crippen LogP contribution in [0.15, 0.2) is 57.8 Å². The minimum absolute atomic E-state index is 0.179. The summed E-state index contributed by atoms with van der Waals surface area (Å²) >= 11 is 4.71. The summed E-state index contributed by atoms with van der Waals surface area (Å²) in [6, 6.07) is 15.2.